The number of aliphatic hydroxyl groups excluding tert-OH is 1. The Labute approximate surface area is 94.4 Å². The average Bonchev–Trinajstić information content (AvgIpc) is 2.77. The summed E-state index contributed by atoms with van der Waals surface area (Å²) in [5.41, 5.74) is 2.25. The van der Waals surface area contributed by atoms with Crippen molar-refractivity contribution in [2.24, 2.45) is 0 Å². The molecule has 0 aliphatic heterocycles. The molecule has 1 aromatic carbocycles. The van der Waals surface area contributed by atoms with Crippen molar-refractivity contribution in [2.75, 3.05) is 0 Å². The van der Waals surface area contributed by atoms with Gasteiger partial charge >= 0.3 is 0 Å². The van der Waals surface area contributed by atoms with E-state index in [-0.39, 0.29) is 6.61 Å². The van der Waals surface area contributed by atoms with Gasteiger partial charge in [0.2, 0.25) is 0 Å². The minimum absolute atomic E-state index is 0.114. The Hall–Kier alpha value is -1.68. The number of nitrogens with zero attached hydrogens (tertiary/aromatic N) is 2. The Kier molecular flexibility index (Phi) is 3.01. The third kappa shape index (κ3) is 2.12. The van der Waals surface area contributed by atoms with Gasteiger partial charge in [-0.25, -0.2) is 4.98 Å². The van der Waals surface area contributed by atoms with Crippen LogP contribution in [0, 0.1) is 0 Å². The first-order valence-electron chi connectivity index (χ1n) is 5.33. The fourth-order valence-electron chi connectivity index (χ4n) is 1.51. The van der Waals surface area contributed by atoms with Crippen molar-refractivity contribution >= 4 is 0 Å². The van der Waals surface area contributed by atoms with E-state index in [2.05, 4.69) is 41.2 Å². The van der Waals surface area contributed by atoms with Crippen LogP contribution in [0.2, 0.25) is 0 Å². The van der Waals surface area contributed by atoms with E-state index in [0.29, 0.717) is 17.6 Å². The van der Waals surface area contributed by atoms with Crippen LogP contribution in [0.25, 0.3) is 11.4 Å². The quantitative estimate of drug-likeness (QED) is 0.827. The molecule has 2 aromatic rings. The normalized spacial score (nSPS) is 11.0. The molecule has 1 heterocycles. The largest absolute Gasteiger partial charge is 0.388 e. The number of aromatic amines is 1. The van der Waals surface area contributed by atoms with E-state index < -0.39 is 0 Å². The first-order chi connectivity index (χ1) is 7.70. The standard InChI is InChI=1S/C12H15N3O/c1-8(2)9-3-5-10(6-4-9)12-13-11(7-16)14-15-12/h3-6,8,16H,7H2,1-2H3,(H,13,14,15). The first kappa shape index (κ1) is 10.8. The Balaban J connectivity index is 2.27. The highest BCUT2D eigenvalue weighted by atomic mass is 16.3. The van der Waals surface area contributed by atoms with Gasteiger partial charge in [0, 0.05) is 5.56 Å². The minimum Gasteiger partial charge on any atom is -0.388 e. The zero-order valence-electron chi connectivity index (χ0n) is 9.44. The Morgan fingerprint density at radius 1 is 1.25 bits per heavy atom. The zero-order valence-corrected chi connectivity index (χ0v) is 9.44. The number of rotatable bonds is 3. The minimum atomic E-state index is -0.114. The molecule has 4 heteroatoms. The summed E-state index contributed by atoms with van der Waals surface area (Å²) in [6.45, 7) is 4.20. The van der Waals surface area contributed by atoms with E-state index in [9.17, 15) is 0 Å². The summed E-state index contributed by atoms with van der Waals surface area (Å²) in [5, 5.41) is 15.6. The van der Waals surface area contributed by atoms with Gasteiger partial charge in [0.25, 0.3) is 0 Å². The van der Waals surface area contributed by atoms with Crippen molar-refractivity contribution in [3.8, 4) is 11.4 Å². The second kappa shape index (κ2) is 4.45. The molecule has 0 unspecified atom stereocenters. The lowest BCUT2D eigenvalue weighted by Gasteiger charge is -2.04. The van der Waals surface area contributed by atoms with E-state index in [4.69, 9.17) is 5.11 Å². The van der Waals surface area contributed by atoms with E-state index in [1.165, 1.54) is 5.56 Å². The molecule has 0 atom stereocenters. The van der Waals surface area contributed by atoms with E-state index in [1.807, 2.05) is 12.1 Å². The van der Waals surface area contributed by atoms with Crippen LogP contribution in [0.3, 0.4) is 0 Å². The van der Waals surface area contributed by atoms with Crippen LogP contribution in [0.5, 0.6) is 0 Å². The molecule has 2 rings (SSSR count). The molecule has 0 amide bonds. The summed E-state index contributed by atoms with van der Waals surface area (Å²) < 4.78 is 0. The van der Waals surface area contributed by atoms with E-state index >= 15 is 0 Å². The van der Waals surface area contributed by atoms with Gasteiger partial charge < -0.3 is 5.11 Å². The highest BCUT2D eigenvalue weighted by Gasteiger charge is 2.05. The molecule has 0 aliphatic rings. The molecule has 16 heavy (non-hydrogen) atoms. The SMILES string of the molecule is CC(C)c1ccc(-c2n[nH]c(CO)n2)cc1. The van der Waals surface area contributed by atoms with Crippen molar-refractivity contribution in [2.45, 2.75) is 26.4 Å². The fourth-order valence-corrected chi connectivity index (χ4v) is 1.51. The monoisotopic (exact) mass is 217 g/mol. The Morgan fingerprint density at radius 3 is 2.44 bits per heavy atom. The molecule has 0 aliphatic carbocycles. The van der Waals surface area contributed by atoms with Crippen molar-refractivity contribution in [3.63, 3.8) is 0 Å². The number of H-pyrrole nitrogens is 1. The van der Waals surface area contributed by atoms with E-state index in [1.54, 1.807) is 0 Å². The van der Waals surface area contributed by atoms with Gasteiger partial charge in [0.15, 0.2) is 11.6 Å². The molecule has 0 radical (unpaired) electrons. The number of hydrogen-bond acceptors (Lipinski definition) is 3. The molecule has 0 saturated heterocycles. The van der Waals surface area contributed by atoms with Crippen molar-refractivity contribution in [1.82, 2.24) is 15.2 Å². The number of nitrogens with one attached hydrogen (secondary N) is 1. The number of aliphatic hydroxyl groups is 1. The van der Waals surface area contributed by atoms with Crippen molar-refractivity contribution in [3.05, 3.63) is 35.7 Å². The lowest BCUT2D eigenvalue weighted by atomic mass is 10.0. The van der Waals surface area contributed by atoms with Gasteiger partial charge in [0.05, 0.1) is 0 Å². The highest BCUT2D eigenvalue weighted by Crippen LogP contribution is 2.19. The summed E-state index contributed by atoms with van der Waals surface area (Å²) >= 11 is 0. The zero-order chi connectivity index (χ0) is 11.5. The van der Waals surface area contributed by atoms with Crippen LogP contribution < -0.4 is 0 Å². The van der Waals surface area contributed by atoms with E-state index in [0.717, 1.165) is 5.56 Å². The van der Waals surface area contributed by atoms with Crippen LogP contribution in [-0.4, -0.2) is 20.3 Å². The smallest absolute Gasteiger partial charge is 0.181 e. The topological polar surface area (TPSA) is 61.8 Å². The van der Waals surface area contributed by atoms with Crippen molar-refractivity contribution in [1.29, 1.82) is 0 Å². The van der Waals surface area contributed by atoms with Crippen LogP contribution in [0.15, 0.2) is 24.3 Å². The predicted molar refractivity (Wildman–Crippen MR) is 61.8 cm³/mol. The molecule has 0 saturated carbocycles. The average molecular weight is 217 g/mol. The number of benzene rings is 1. The lowest BCUT2D eigenvalue weighted by Crippen LogP contribution is -1.88. The van der Waals surface area contributed by atoms with Crippen LogP contribution in [-0.2, 0) is 6.61 Å². The third-order valence-electron chi connectivity index (χ3n) is 2.52. The maximum Gasteiger partial charge on any atom is 0.181 e. The maximum absolute atomic E-state index is 8.88. The molecule has 1 aromatic heterocycles. The molecular weight excluding hydrogens is 202 g/mol. The van der Waals surface area contributed by atoms with Crippen LogP contribution in [0.1, 0.15) is 31.2 Å². The van der Waals surface area contributed by atoms with Gasteiger partial charge in [-0.05, 0) is 11.5 Å². The van der Waals surface area contributed by atoms with Crippen molar-refractivity contribution < 1.29 is 5.11 Å². The molecule has 0 fully saturated rings. The van der Waals surface area contributed by atoms with Crippen LogP contribution >= 0.6 is 0 Å². The first-order valence-corrected chi connectivity index (χ1v) is 5.33. The Bertz CT molecular complexity index is 459. The highest BCUT2D eigenvalue weighted by molar-refractivity contribution is 5.55. The van der Waals surface area contributed by atoms with Gasteiger partial charge in [-0.3, -0.25) is 5.10 Å². The molecule has 0 bridgehead atoms. The summed E-state index contributed by atoms with van der Waals surface area (Å²) in [4.78, 5) is 4.16. The summed E-state index contributed by atoms with van der Waals surface area (Å²) in [6, 6.07) is 8.16. The van der Waals surface area contributed by atoms with Gasteiger partial charge in [-0.2, -0.15) is 5.10 Å². The lowest BCUT2D eigenvalue weighted by molar-refractivity contribution is 0.272. The van der Waals surface area contributed by atoms with Gasteiger partial charge in [-0.1, -0.05) is 38.1 Å². The summed E-state index contributed by atoms with van der Waals surface area (Å²) in [5.74, 6) is 1.64. The molecular formula is C12H15N3O. The molecule has 0 spiro atoms. The third-order valence-corrected chi connectivity index (χ3v) is 2.52. The van der Waals surface area contributed by atoms with Crippen LogP contribution in [0.4, 0.5) is 0 Å². The Morgan fingerprint density at radius 2 is 1.94 bits per heavy atom. The molecule has 4 nitrogen and oxygen atoms in total. The predicted octanol–water partition coefficient (Wildman–Crippen LogP) is 2.09. The number of hydrogen-bond donors (Lipinski definition) is 2. The molecule has 2 N–H and O–H groups in total. The summed E-state index contributed by atoms with van der Waals surface area (Å²) in [7, 11) is 0. The maximum atomic E-state index is 8.88. The summed E-state index contributed by atoms with van der Waals surface area (Å²) in [6.07, 6.45) is 0. The number of aromatic nitrogens is 3. The molecule has 84 valence electrons. The second-order valence-corrected chi connectivity index (χ2v) is 4.04. The van der Waals surface area contributed by atoms with Gasteiger partial charge in [-0.15, -0.1) is 0 Å². The fraction of sp³-hybridized carbons (Fsp3) is 0.333. The van der Waals surface area contributed by atoms with Gasteiger partial charge in [0.1, 0.15) is 6.61 Å². The second-order valence-electron chi connectivity index (χ2n) is 4.04.